The minimum Gasteiger partial charge on any atom is -0.490 e. The number of hydrogen-bond acceptors (Lipinski definition) is 12. The van der Waals surface area contributed by atoms with Gasteiger partial charge in [-0.25, -0.2) is 14.8 Å². The monoisotopic (exact) mass is 999 g/mol. The maximum absolute atomic E-state index is 13.7. The van der Waals surface area contributed by atoms with Crippen LogP contribution < -0.4 is 25.2 Å². The van der Waals surface area contributed by atoms with E-state index < -0.39 is 11.9 Å². The Kier molecular flexibility index (Phi) is 13.4. The highest BCUT2D eigenvalue weighted by Crippen LogP contribution is 2.39. The molecule has 3 aromatic heterocycles. The van der Waals surface area contributed by atoms with Crippen molar-refractivity contribution < 1.29 is 29.0 Å². The molecule has 6 heterocycles. The number of imide groups is 1. The van der Waals surface area contributed by atoms with Crippen molar-refractivity contribution in [3.63, 3.8) is 0 Å². The Morgan fingerprint density at radius 3 is 2.44 bits per heavy atom. The van der Waals surface area contributed by atoms with E-state index in [1.165, 1.54) is 17.8 Å². The molecule has 3 N–H and O–H groups in total. The molecule has 4 aliphatic rings. The number of carbonyl (C=O) groups excluding carboxylic acids is 3. The maximum atomic E-state index is 13.7. The van der Waals surface area contributed by atoms with Crippen LogP contribution in [0.4, 0.5) is 16.6 Å². The number of carbonyl (C=O) groups is 4. The van der Waals surface area contributed by atoms with Gasteiger partial charge in [-0.1, -0.05) is 66.8 Å². The van der Waals surface area contributed by atoms with E-state index in [0.717, 1.165) is 119 Å². The van der Waals surface area contributed by atoms with Crippen molar-refractivity contribution in [1.82, 2.24) is 30.0 Å². The number of thiazole rings is 1. The number of pyridine rings is 1. The number of anilines is 3. The normalized spacial score (nSPS) is 20.0. The zero-order chi connectivity index (χ0) is 50.3. The minimum absolute atomic E-state index is 0.0219. The number of benzene rings is 4. The largest absolute Gasteiger partial charge is 0.490 e. The van der Waals surface area contributed by atoms with Crippen LogP contribution in [0.1, 0.15) is 101 Å². The van der Waals surface area contributed by atoms with E-state index in [-0.39, 0.29) is 29.5 Å². The topological polar surface area (TPSA) is 175 Å². The third kappa shape index (κ3) is 9.89. The van der Waals surface area contributed by atoms with Crippen molar-refractivity contribution in [3.05, 3.63) is 125 Å². The number of carboxylic acid groups (broad SMARTS) is 1. The van der Waals surface area contributed by atoms with Gasteiger partial charge < -0.3 is 19.6 Å². The highest BCUT2D eigenvalue weighted by Gasteiger charge is 2.34. The number of aryl methyl sites for hydroxylation is 1. The van der Waals surface area contributed by atoms with Gasteiger partial charge in [-0.2, -0.15) is 5.10 Å². The third-order valence-electron chi connectivity index (χ3n) is 15.6. The molecule has 0 bridgehead atoms. The number of para-hydroxylation sites is 2. The number of amides is 3. The molecule has 3 fully saturated rings. The lowest BCUT2D eigenvalue weighted by Crippen LogP contribution is -2.47. The summed E-state index contributed by atoms with van der Waals surface area (Å²) in [4.78, 5) is 67.6. The van der Waals surface area contributed by atoms with Crippen LogP contribution in [-0.4, -0.2) is 98.8 Å². The number of fused-ring (bicyclic) bond motifs is 3. The maximum Gasteiger partial charge on any atom is 0.355 e. The molecule has 15 nitrogen and oxygen atoms in total. The molecule has 2 atom stereocenters. The van der Waals surface area contributed by atoms with Crippen LogP contribution in [0.15, 0.2) is 91.0 Å². The lowest BCUT2D eigenvalue weighted by molar-refractivity contribution is -0.134. The van der Waals surface area contributed by atoms with Gasteiger partial charge in [-0.05, 0) is 128 Å². The van der Waals surface area contributed by atoms with E-state index >= 15 is 0 Å². The van der Waals surface area contributed by atoms with Crippen LogP contribution >= 0.6 is 11.3 Å². The summed E-state index contributed by atoms with van der Waals surface area (Å²) >= 11 is 1.44. The molecule has 16 heteroatoms. The molecule has 7 aromatic rings. The first-order valence-electron chi connectivity index (χ1n) is 25.7. The lowest BCUT2D eigenvalue weighted by Gasteiger charge is -2.38. The van der Waals surface area contributed by atoms with Crippen LogP contribution in [0.25, 0.3) is 32.2 Å². The van der Waals surface area contributed by atoms with Crippen LogP contribution in [0.3, 0.4) is 0 Å². The quantitative estimate of drug-likeness (QED) is 0.0936. The van der Waals surface area contributed by atoms with Gasteiger partial charge in [0.15, 0.2) is 10.8 Å². The molecule has 1 aliphatic carbocycles. The number of nitrogens with one attached hydrogen (secondary N) is 2. The number of aromatic carboxylic acids is 1. The van der Waals surface area contributed by atoms with Crippen molar-refractivity contribution in [3.8, 4) is 16.9 Å². The molecule has 2 saturated heterocycles. The molecule has 1 saturated carbocycles. The summed E-state index contributed by atoms with van der Waals surface area (Å²) in [5.41, 5.74) is 8.49. The van der Waals surface area contributed by atoms with E-state index in [4.69, 9.17) is 14.8 Å². The number of hydrogen-bond donors (Lipinski definition) is 3. The average Bonchev–Trinajstić information content (AvgIpc) is 3.97. The predicted molar refractivity (Wildman–Crippen MR) is 285 cm³/mol. The van der Waals surface area contributed by atoms with Gasteiger partial charge in [0.25, 0.3) is 5.91 Å². The zero-order valence-corrected chi connectivity index (χ0v) is 42.4. The summed E-state index contributed by atoms with van der Waals surface area (Å²) in [6.45, 7) is 10.3. The summed E-state index contributed by atoms with van der Waals surface area (Å²) in [6.07, 6.45) is 6.95. The fourth-order valence-corrected chi connectivity index (χ4v) is 12.7. The molecule has 3 aliphatic heterocycles. The smallest absolute Gasteiger partial charge is 0.355 e. The number of piperidine rings is 1. The van der Waals surface area contributed by atoms with Crippen LogP contribution in [0, 0.1) is 18.8 Å². The van der Waals surface area contributed by atoms with Gasteiger partial charge in [-0.15, -0.1) is 0 Å². The second kappa shape index (κ2) is 20.4. The lowest BCUT2D eigenvalue weighted by atomic mass is 9.82. The average molecular weight is 1000 g/mol. The number of carboxylic acids is 1. The van der Waals surface area contributed by atoms with Crippen LogP contribution in [-0.2, 0) is 29.6 Å². The Labute approximate surface area is 428 Å². The molecule has 0 spiro atoms. The van der Waals surface area contributed by atoms with Crippen LogP contribution in [0.2, 0.25) is 0 Å². The highest BCUT2D eigenvalue weighted by molar-refractivity contribution is 7.22. The van der Waals surface area contributed by atoms with Crippen molar-refractivity contribution in [2.24, 2.45) is 18.9 Å². The summed E-state index contributed by atoms with van der Waals surface area (Å²) in [7, 11) is 1.94. The van der Waals surface area contributed by atoms with Crippen LogP contribution in [0.5, 0.6) is 5.75 Å². The fourth-order valence-electron chi connectivity index (χ4n) is 11.8. The molecule has 0 radical (unpaired) electrons. The molecular weight excluding hydrogens is 939 g/mol. The Bertz CT molecular complexity index is 3230. The highest BCUT2D eigenvalue weighted by atomic mass is 32.1. The number of piperazine rings is 1. The van der Waals surface area contributed by atoms with E-state index in [1.54, 1.807) is 0 Å². The summed E-state index contributed by atoms with van der Waals surface area (Å²) in [6, 6.07) is 29.4. The number of rotatable bonds is 13. The molecular formula is C57H61N9O6S. The molecule has 11 rings (SSSR count). The Hall–Kier alpha value is -7.17. The molecule has 376 valence electrons. The van der Waals surface area contributed by atoms with Crippen molar-refractivity contribution in [2.75, 3.05) is 54.4 Å². The molecule has 0 unspecified atom stereocenters. The first kappa shape index (κ1) is 48.1. The minimum atomic E-state index is -1.10. The number of ether oxygens (including phenoxy) is 1. The first-order valence-corrected chi connectivity index (χ1v) is 26.6. The van der Waals surface area contributed by atoms with Gasteiger partial charge in [0.05, 0.1) is 39.1 Å². The summed E-state index contributed by atoms with van der Waals surface area (Å²) in [5, 5.41) is 22.4. The van der Waals surface area contributed by atoms with Gasteiger partial charge in [0.2, 0.25) is 11.8 Å². The van der Waals surface area contributed by atoms with E-state index in [9.17, 15) is 24.3 Å². The second-order valence-electron chi connectivity index (χ2n) is 20.4. The van der Waals surface area contributed by atoms with Crippen molar-refractivity contribution in [1.29, 1.82) is 0 Å². The number of nitrogens with zero attached hydrogens (tertiary/aromatic N) is 7. The Balaban J connectivity index is 0.681. The van der Waals surface area contributed by atoms with E-state index in [0.29, 0.717) is 66.3 Å². The van der Waals surface area contributed by atoms with E-state index in [1.807, 2.05) is 102 Å². The summed E-state index contributed by atoms with van der Waals surface area (Å²) in [5.74, 6) is 0.299. The van der Waals surface area contributed by atoms with Gasteiger partial charge in [0, 0.05) is 75.8 Å². The fraction of sp³-hybridized carbons (Fsp3) is 0.386. The number of aromatic nitrogens is 4. The molecule has 73 heavy (non-hydrogen) atoms. The Morgan fingerprint density at radius 1 is 0.849 bits per heavy atom. The third-order valence-corrected chi connectivity index (χ3v) is 16.5. The standard InChI is InChI=1S/C57H61N9O6S/c1-34(32-64-27-29-65(30-28-64)46-14-7-12-42-51(62-63(3)53(42)46)43-22-24-50(67)60-55(43)69)31-36-17-19-38(20-18-36)72-47-15-8-10-39(35(47)2)40-21-23-49(59-52(40)56(70)71)66-26-25-37-9-6-11-41(44(37)33-66)54(68)61-57-58-45-13-4-5-16-48(45)73-57/h4-16,21,23,34,36,38,43H,17-20,22,24-33H2,1-3H3,(H,70,71)(H,58,61,68)(H,60,67,69)/t34-,36?,38?,43-/m1/s1. The van der Waals surface area contributed by atoms with Gasteiger partial charge in [0.1, 0.15) is 11.6 Å². The Morgan fingerprint density at radius 2 is 1.64 bits per heavy atom. The second-order valence-corrected chi connectivity index (χ2v) is 21.5. The SMILES string of the molecule is Cc1c(OC2CCC(C[C@@H](C)CN3CCN(c4cccc5c([C@H]6CCC(=O)NC6=O)nn(C)c45)CC3)CC2)cccc1-c1ccc(N2CCc3cccc(C(=O)Nc4nc5ccccc5s4)c3C2)nc1C(=O)O. The van der Waals surface area contributed by atoms with E-state index in [2.05, 4.69) is 44.5 Å². The first-order chi connectivity index (χ1) is 35.4. The predicted octanol–water partition coefficient (Wildman–Crippen LogP) is 9.37. The zero-order valence-electron chi connectivity index (χ0n) is 41.6. The summed E-state index contributed by atoms with van der Waals surface area (Å²) < 4.78 is 9.62. The van der Waals surface area contributed by atoms with Gasteiger partial charge in [-0.3, -0.25) is 34.6 Å². The van der Waals surface area contributed by atoms with Crippen molar-refractivity contribution in [2.45, 2.75) is 83.8 Å². The molecule has 3 amide bonds. The van der Waals surface area contributed by atoms with Gasteiger partial charge >= 0.3 is 5.97 Å². The molecule has 4 aromatic carbocycles. The van der Waals surface area contributed by atoms with Crippen molar-refractivity contribution >= 4 is 72.8 Å².